The lowest BCUT2D eigenvalue weighted by Gasteiger charge is -2.22. The summed E-state index contributed by atoms with van der Waals surface area (Å²) in [5.41, 5.74) is 1.84. The molecule has 116 valence electrons. The Bertz CT molecular complexity index is 750. The van der Waals surface area contributed by atoms with Gasteiger partial charge in [-0.25, -0.2) is 4.98 Å². The van der Waals surface area contributed by atoms with Crippen molar-refractivity contribution in [1.29, 1.82) is 5.26 Å². The molecule has 0 N–H and O–H groups in total. The Morgan fingerprint density at radius 2 is 2.26 bits per heavy atom. The van der Waals surface area contributed by atoms with E-state index < -0.39 is 0 Å². The van der Waals surface area contributed by atoms with E-state index in [2.05, 4.69) is 17.6 Å². The molecular formula is C18H17N3O2. The fraction of sp³-hybridized carbons (Fsp3) is 0.167. The molecule has 0 fully saturated rings. The maximum absolute atomic E-state index is 12.8. The number of aromatic nitrogens is 1. The molecule has 0 aliphatic carbocycles. The minimum atomic E-state index is -0.197. The van der Waals surface area contributed by atoms with E-state index in [0.717, 1.165) is 5.56 Å². The summed E-state index contributed by atoms with van der Waals surface area (Å²) in [6.45, 7) is 4.46. The molecule has 0 spiro atoms. The normalized spacial score (nSPS) is 9.74. The van der Waals surface area contributed by atoms with Crippen molar-refractivity contribution in [3.05, 3.63) is 71.9 Å². The van der Waals surface area contributed by atoms with Crippen molar-refractivity contribution in [3.63, 3.8) is 0 Å². The molecular weight excluding hydrogens is 290 g/mol. The van der Waals surface area contributed by atoms with Crippen molar-refractivity contribution in [2.24, 2.45) is 0 Å². The fourth-order valence-electron chi connectivity index (χ4n) is 2.22. The number of amides is 1. The molecule has 0 unspecified atom stereocenters. The zero-order valence-corrected chi connectivity index (χ0v) is 12.9. The van der Waals surface area contributed by atoms with E-state index in [4.69, 9.17) is 10.00 Å². The van der Waals surface area contributed by atoms with Crippen LogP contribution in [0.4, 0.5) is 0 Å². The molecule has 1 aromatic heterocycles. The number of benzene rings is 1. The number of methoxy groups -OCH3 is 1. The molecule has 1 aromatic carbocycles. The van der Waals surface area contributed by atoms with Crippen LogP contribution in [-0.2, 0) is 6.54 Å². The topological polar surface area (TPSA) is 66.2 Å². The van der Waals surface area contributed by atoms with Gasteiger partial charge in [-0.3, -0.25) is 4.79 Å². The number of ether oxygens (including phenoxy) is 1. The van der Waals surface area contributed by atoms with Gasteiger partial charge in [0.1, 0.15) is 5.56 Å². The van der Waals surface area contributed by atoms with E-state index in [1.165, 1.54) is 7.11 Å². The Labute approximate surface area is 135 Å². The molecule has 5 nitrogen and oxygen atoms in total. The van der Waals surface area contributed by atoms with Gasteiger partial charge in [0.05, 0.1) is 18.7 Å². The van der Waals surface area contributed by atoms with E-state index in [0.29, 0.717) is 24.2 Å². The molecule has 0 saturated carbocycles. The van der Waals surface area contributed by atoms with Gasteiger partial charge in [0, 0.05) is 19.3 Å². The Kier molecular flexibility index (Phi) is 5.48. The molecule has 1 amide bonds. The van der Waals surface area contributed by atoms with Gasteiger partial charge in [0.2, 0.25) is 5.88 Å². The van der Waals surface area contributed by atoms with Crippen LogP contribution in [0.2, 0.25) is 0 Å². The summed E-state index contributed by atoms with van der Waals surface area (Å²) in [7, 11) is 1.48. The molecule has 0 saturated heterocycles. The molecule has 1 heterocycles. The first-order valence-corrected chi connectivity index (χ1v) is 7.07. The number of carbonyl (C=O) groups is 1. The van der Waals surface area contributed by atoms with E-state index >= 15 is 0 Å². The molecule has 23 heavy (non-hydrogen) atoms. The maximum Gasteiger partial charge on any atom is 0.259 e. The third-order valence-electron chi connectivity index (χ3n) is 3.26. The largest absolute Gasteiger partial charge is 0.480 e. The van der Waals surface area contributed by atoms with Crippen molar-refractivity contribution in [1.82, 2.24) is 9.88 Å². The lowest BCUT2D eigenvalue weighted by molar-refractivity contribution is 0.0758. The van der Waals surface area contributed by atoms with Gasteiger partial charge >= 0.3 is 0 Å². The molecule has 0 radical (unpaired) electrons. The van der Waals surface area contributed by atoms with E-state index in [1.807, 2.05) is 6.07 Å². The van der Waals surface area contributed by atoms with Gasteiger partial charge in [-0.1, -0.05) is 18.2 Å². The van der Waals surface area contributed by atoms with Crippen molar-refractivity contribution >= 4 is 5.91 Å². The van der Waals surface area contributed by atoms with Crippen LogP contribution in [0.5, 0.6) is 5.88 Å². The Morgan fingerprint density at radius 3 is 2.96 bits per heavy atom. The standard InChI is InChI=1S/C18H17N3O2/c1-3-10-21(13-15-7-4-6-14(11-15)12-19)18(22)16-8-5-9-20-17(16)23-2/h3-9,11H,1,10,13H2,2H3. The molecule has 0 aliphatic heterocycles. The number of hydrogen-bond acceptors (Lipinski definition) is 4. The number of rotatable bonds is 6. The van der Waals surface area contributed by atoms with Crippen LogP contribution in [-0.4, -0.2) is 29.4 Å². The van der Waals surface area contributed by atoms with Crippen LogP contribution in [0.3, 0.4) is 0 Å². The number of nitriles is 1. The third kappa shape index (κ3) is 3.95. The Hall–Kier alpha value is -3.13. The van der Waals surface area contributed by atoms with Gasteiger partial charge < -0.3 is 9.64 Å². The minimum absolute atomic E-state index is 0.197. The summed E-state index contributed by atoms with van der Waals surface area (Å²) in [5, 5.41) is 8.98. The molecule has 2 rings (SSSR count). The van der Waals surface area contributed by atoms with Crippen molar-refractivity contribution in [3.8, 4) is 11.9 Å². The molecule has 5 heteroatoms. The highest BCUT2D eigenvalue weighted by Gasteiger charge is 2.19. The highest BCUT2D eigenvalue weighted by molar-refractivity contribution is 5.96. The molecule has 0 atom stereocenters. The van der Waals surface area contributed by atoms with Crippen LogP contribution >= 0.6 is 0 Å². The first-order valence-electron chi connectivity index (χ1n) is 7.07. The predicted octanol–water partition coefficient (Wildman–Crippen LogP) is 2.79. The highest BCUT2D eigenvalue weighted by atomic mass is 16.5. The summed E-state index contributed by atoms with van der Waals surface area (Å²) in [4.78, 5) is 18.5. The number of carbonyl (C=O) groups excluding carboxylic acids is 1. The average Bonchev–Trinajstić information content (AvgIpc) is 2.61. The number of pyridine rings is 1. The van der Waals surface area contributed by atoms with Gasteiger partial charge in [-0.2, -0.15) is 5.26 Å². The first kappa shape index (κ1) is 16.2. The van der Waals surface area contributed by atoms with Crippen LogP contribution in [0, 0.1) is 11.3 Å². The summed E-state index contributed by atoms with van der Waals surface area (Å²) in [6.07, 6.45) is 3.23. The van der Waals surface area contributed by atoms with Gasteiger partial charge in [0.15, 0.2) is 0 Å². The SMILES string of the molecule is C=CCN(Cc1cccc(C#N)c1)C(=O)c1cccnc1OC. The summed E-state index contributed by atoms with van der Waals surface area (Å²) in [6, 6.07) is 12.6. The van der Waals surface area contributed by atoms with Crippen LogP contribution < -0.4 is 4.74 Å². The lowest BCUT2D eigenvalue weighted by Crippen LogP contribution is -2.31. The van der Waals surface area contributed by atoms with Crippen LogP contribution in [0.25, 0.3) is 0 Å². The quantitative estimate of drug-likeness (QED) is 0.770. The smallest absolute Gasteiger partial charge is 0.259 e. The van der Waals surface area contributed by atoms with E-state index in [1.54, 1.807) is 47.5 Å². The van der Waals surface area contributed by atoms with Gasteiger partial charge in [-0.15, -0.1) is 6.58 Å². The Morgan fingerprint density at radius 1 is 1.43 bits per heavy atom. The highest BCUT2D eigenvalue weighted by Crippen LogP contribution is 2.18. The van der Waals surface area contributed by atoms with Crippen molar-refractivity contribution in [2.75, 3.05) is 13.7 Å². The molecule has 2 aromatic rings. The molecule has 0 aliphatic rings. The zero-order chi connectivity index (χ0) is 16.7. The number of hydrogen-bond donors (Lipinski definition) is 0. The number of nitrogens with zero attached hydrogens (tertiary/aromatic N) is 3. The zero-order valence-electron chi connectivity index (χ0n) is 12.9. The third-order valence-corrected chi connectivity index (χ3v) is 3.26. The monoisotopic (exact) mass is 307 g/mol. The average molecular weight is 307 g/mol. The lowest BCUT2D eigenvalue weighted by atomic mass is 10.1. The van der Waals surface area contributed by atoms with Crippen molar-refractivity contribution in [2.45, 2.75) is 6.54 Å². The van der Waals surface area contributed by atoms with E-state index in [-0.39, 0.29) is 11.8 Å². The first-order chi connectivity index (χ1) is 11.2. The fourth-order valence-corrected chi connectivity index (χ4v) is 2.22. The Balaban J connectivity index is 2.28. The van der Waals surface area contributed by atoms with Crippen LogP contribution in [0.15, 0.2) is 55.3 Å². The van der Waals surface area contributed by atoms with E-state index in [9.17, 15) is 4.79 Å². The van der Waals surface area contributed by atoms with Crippen molar-refractivity contribution < 1.29 is 9.53 Å². The summed E-state index contributed by atoms with van der Waals surface area (Å²) in [5.74, 6) is 0.0922. The maximum atomic E-state index is 12.8. The van der Waals surface area contributed by atoms with Crippen LogP contribution in [0.1, 0.15) is 21.5 Å². The second kappa shape index (κ2) is 7.76. The minimum Gasteiger partial charge on any atom is -0.480 e. The second-order valence-electron chi connectivity index (χ2n) is 4.85. The van der Waals surface area contributed by atoms with Gasteiger partial charge in [-0.05, 0) is 29.8 Å². The molecule has 0 bridgehead atoms. The second-order valence-corrected chi connectivity index (χ2v) is 4.85. The predicted molar refractivity (Wildman–Crippen MR) is 86.9 cm³/mol. The van der Waals surface area contributed by atoms with Gasteiger partial charge in [0.25, 0.3) is 5.91 Å². The summed E-state index contributed by atoms with van der Waals surface area (Å²) >= 11 is 0. The summed E-state index contributed by atoms with van der Waals surface area (Å²) < 4.78 is 5.15.